The maximum absolute atomic E-state index is 12.7. The molecular weight excluding hydrogens is 272 g/mol. The number of aromatic nitrogens is 1. The summed E-state index contributed by atoms with van der Waals surface area (Å²) >= 11 is 0. The number of carboxylic acid groups (broad SMARTS) is 1. The van der Waals surface area contributed by atoms with Crippen molar-refractivity contribution in [1.29, 1.82) is 0 Å². The quantitative estimate of drug-likeness (QED) is 0.772. The number of hydrogen-bond acceptors (Lipinski definition) is 3. The van der Waals surface area contributed by atoms with Crippen LogP contribution in [0.4, 0.5) is 0 Å². The molecule has 1 unspecified atom stereocenters. The van der Waals surface area contributed by atoms with E-state index in [9.17, 15) is 19.8 Å². The van der Waals surface area contributed by atoms with Gasteiger partial charge in [-0.1, -0.05) is 18.2 Å². The molecular formula is C15H16N2O4. The molecule has 1 aromatic carbocycles. The predicted octanol–water partition coefficient (Wildman–Crippen LogP) is 1.14. The Hall–Kier alpha value is -2.34. The minimum atomic E-state index is -1.09. The lowest BCUT2D eigenvalue weighted by Crippen LogP contribution is -2.40. The highest BCUT2D eigenvalue weighted by Crippen LogP contribution is 2.27. The first kappa shape index (κ1) is 13.6. The third kappa shape index (κ3) is 2.17. The van der Waals surface area contributed by atoms with Crippen LogP contribution in [0.1, 0.15) is 22.5 Å². The highest BCUT2D eigenvalue weighted by molar-refractivity contribution is 6.09. The number of H-pyrrole nitrogens is 1. The second-order valence-electron chi connectivity index (χ2n) is 5.37. The van der Waals surface area contributed by atoms with E-state index in [0.29, 0.717) is 11.3 Å². The van der Waals surface area contributed by atoms with Crippen molar-refractivity contribution < 1.29 is 19.8 Å². The first-order valence-electron chi connectivity index (χ1n) is 6.78. The van der Waals surface area contributed by atoms with E-state index in [-0.39, 0.29) is 18.9 Å². The summed E-state index contributed by atoms with van der Waals surface area (Å²) < 4.78 is 0. The molecule has 1 saturated heterocycles. The molecule has 1 aliphatic rings. The average molecular weight is 288 g/mol. The van der Waals surface area contributed by atoms with Gasteiger partial charge in [0.2, 0.25) is 0 Å². The van der Waals surface area contributed by atoms with Gasteiger partial charge < -0.3 is 20.1 Å². The third-order valence-corrected chi connectivity index (χ3v) is 3.93. The number of aromatic amines is 1. The standard InChI is InChI=1S/C15H16N2O4/c1-8-13(10-4-2-3-5-11(10)16-8)14(19)17-7-9(18)6-12(17)15(20)21/h2-5,9,12,16,18H,6-7H2,1H3,(H,20,21)/t9?,12-/m0/s1. The number of aliphatic carboxylic acids is 1. The van der Waals surface area contributed by atoms with Crippen LogP contribution in [-0.2, 0) is 4.79 Å². The summed E-state index contributed by atoms with van der Waals surface area (Å²) in [6.45, 7) is 1.84. The molecule has 6 nitrogen and oxygen atoms in total. The number of carbonyl (C=O) groups excluding carboxylic acids is 1. The van der Waals surface area contributed by atoms with E-state index in [1.54, 1.807) is 6.92 Å². The van der Waals surface area contributed by atoms with Gasteiger partial charge in [0.15, 0.2) is 0 Å². The molecule has 0 aliphatic carbocycles. The minimum Gasteiger partial charge on any atom is -0.480 e. The van der Waals surface area contributed by atoms with E-state index < -0.39 is 18.1 Å². The first-order valence-corrected chi connectivity index (χ1v) is 6.78. The molecule has 0 radical (unpaired) electrons. The summed E-state index contributed by atoms with van der Waals surface area (Å²) in [5.41, 5.74) is 2.02. The number of nitrogens with one attached hydrogen (secondary N) is 1. The third-order valence-electron chi connectivity index (χ3n) is 3.93. The Balaban J connectivity index is 2.04. The van der Waals surface area contributed by atoms with Crippen LogP contribution in [-0.4, -0.2) is 50.7 Å². The van der Waals surface area contributed by atoms with E-state index in [1.807, 2.05) is 24.3 Å². The van der Waals surface area contributed by atoms with Crippen molar-refractivity contribution >= 4 is 22.8 Å². The molecule has 0 saturated carbocycles. The normalized spacial score (nSPS) is 21.9. The summed E-state index contributed by atoms with van der Waals surface area (Å²) in [4.78, 5) is 28.4. The molecule has 0 bridgehead atoms. The van der Waals surface area contributed by atoms with Crippen LogP contribution < -0.4 is 0 Å². The number of nitrogens with zero attached hydrogens (tertiary/aromatic N) is 1. The Morgan fingerprint density at radius 2 is 2.05 bits per heavy atom. The van der Waals surface area contributed by atoms with Crippen molar-refractivity contribution in [2.75, 3.05) is 6.54 Å². The van der Waals surface area contributed by atoms with Gasteiger partial charge in [0.05, 0.1) is 11.7 Å². The number of likely N-dealkylation sites (tertiary alicyclic amines) is 1. The topological polar surface area (TPSA) is 93.6 Å². The molecule has 6 heteroatoms. The van der Waals surface area contributed by atoms with Crippen LogP contribution in [0.15, 0.2) is 24.3 Å². The Labute approximate surface area is 121 Å². The number of aryl methyl sites for hydroxylation is 1. The molecule has 3 N–H and O–H groups in total. The lowest BCUT2D eigenvalue weighted by molar-refractivity contribution is -0.141. The number of hydrogen-bond donors (Lipinski definition) is 3. The van der Waals surface area contributed by atoms with Crippen molar-refractivity contribution in [2.24, 2.45) is 0 Å². The molecule has 2 atom stereocenters. The predicted molar refractivity (Wildman–Crippen MR) is 76.1 cm³/mol. The monoisotopic (exact) mass is 288 g/mol. The molecule has 3 rings (SSSR count). The van der Waals surface area contributed by atoms with E-state index in [0.717, 1.165) is 10.9 Å². The van der Waals surface area contributed by atoms with Gasteiger partial charge in [-0.2, -0.15) is 0 Å². The van der Waals surface area contributed by atoms with Crippen LogP contribution in [0.25, 0.3) is 10.9 Å². The van der Waals surface area contributed by atoms with Crippen LogP contribution >= 0.6 is 0 Å². The zero-order valence-corrected chi connectivity index (χ0v) is 11.5. The maximum atomic E-state index is 12.7. The lowest BCUT2D eigenvalue weighted by atomic mass is 10.1. The van der Waals surface area contributed by atoms with E-state index in [1.165, 1.54) is 4.90 Å². The van der Waals surface area contributed by atoms with Gasteiger partial charge in [-0.05, 0) is 13.0 Å². The van der Waals surface area contributed by atoms with Crippen LogP contribution in [0.3, 0.4) is 0 Å². The van der Waals surface area contributed by atoms with Gasteiger partial charge in [-0.15, -0.1) is 0 Å². The number of benzene rings is 1. The Bertz CT molecular complexity index is 722. The number of aliphatic hydroxyl groups excluding tert-OH is 1. The summed E-state index contributed by atoms with van der Waals surface area (Å²) in [7, 11) is 0. The van der Waals surface area contributed by atoms with E-state index in [4.69, 9.17) is 0 Å². The van der Waals surface area contributed by atoms with Gasteiger partial charge in [0, 0.05) is 29.6 Å². The van der Waals surface area contributed by atoms with Gasteiger partial charge in [-0.3, -0.25) is 4.79 Å². The van der Waals surface area contributed by atoms with Crippen molar-refractivity contribution in [3.05, 3.63) is 35.5 Å². The van der Waals surface area contributed by atoms with Crippen LogP contribution in [0.5, 0.6) is 0 Å². The number of amides is 1. The molecule has 0 spiro atoms. The molecule has 1 amide bonds. The fourth-order valence-electron chi connectivity index (χ4n) is 2.97. The Kier molecular flexibility index (Phi) is 3.17. The van der Waals surface area contributed by atoms with Crippen molar-refractivity contribution in [1.82, 2.24) is 9.88 Å². The summed E-state index contributed by atoms with van der Waals surface area (Å²) in [5, 5.41) is 19.7. The van der Waals surface area contributed by atoms with E-state index in [2.05, 4.69) is 4.98 Å². The fraction of sp³-hybridized carbons (Fsp3) is 0.333. The van der Waals surface area contributed by atoms with Gasteiger partial charge in [0.1, 0.15) is 6.04 Å². The molecule has 110 valence electrons. The first-order chi connectivity index (χ1) is 9.99. The number of β-amino-alcohol motifs (C(OH)–C–C–N with tert-alkyl or cyclic N) is 1. The van der Waals surface area contributed by atoms with Crippen molar-refractivity contribution in [2.45, 2.75) is 25.5 Å². The number of para-hydroxylation sites is 1. The highest BCUT2D eigenvalue weighted by atomic mass is 16.4. The Morgan fingerprint density at radius 1 is 1.33 bits per heavy atom. The van der Waals surface area contributed by atoms with Crippen molar-refractivity contribution in [3.63, 3.8) is 0 Å². The maximum Gasteiger partial charge on any atom is 0.326 e. The largest absolute Gasteiger partial charge is 0.480 e. The fourth-order valence-corrected chi connectivity index (χ4v) is 2.97. The van der Waals surface area contributed by atoms with E-state index >= 15 is 0 Å². The lowest BCUT2D eigenvalue weighted by Gasteiger charge is -2.21. The van der Waals surface area contributed by atoms with Crippen LogP contribution in [0, 0.1) is 6.92 Å². The molecule has 1 aliphatic heterocycles. The zero-order chi connectivity index (χ0) is 15.1. The summed E-state index contributed by atoms with van der Waals surface area (Å²) in [6.07, 6.45) is -0.719. The zero-order valence-electron chi connectivity index (χ0n) is 11.5. The van der Waals surface area contributed by atoms with Gasteiger partial charge in [0.25, 0.3) is 5.91 Å². The van der Waals surface area contributed by atoms with Gasteiger partial charge in [-0.25, -0.2) is 4.79 Å². The molecule has 1 aromatic heterocycles. The number of aliphatic hydroxyl groups is 1. The summed E-state index contributed by atoms with van der Waals surface area (Å²) in [5.74, 6) is -1.44. The smallest absolute Gasteiger partial charge is 0.326 e. The number of fused-ring (bicyclic) bond motifs is 1. The second-order valence-corrected chi connectivity index (χ2v) is 5.37. The van der Waals surface area contributed by atoms with Crippen molar-refractivity contribution in [3.8, 4) is 0 Å². The SMILES string of the molecule is Cc1[nH]c2ccccc2c1C(=O)N1CC(O)C[C@H]1C(=O)O. The number of carbonyl (C=O) groups is 2. The molecule has 2 heterocycles. The second kappa shape index (κ2) is 4.89. The minimum absolute atomic E-state index is 0.0503. The summed E-state index contributed by atoms with van der Waals surface area (Å²) in [6, 6.07) is 6.42. The Morgan fingerprint density at radius 3 is 2.76 bits per heavy atom. The van der Waals surface area contributed by atoms with Gasteiger partial charge >= 0.3 is 5.97 Å². The molecule has 21 heavy (non-hydrogen) atoms. The highest BCUT2D eigenvalue weighted by Gasteiger charge is 2.40. The molecule has 1 fully saturated rings. The number of rotatable bonds is 2. The van der Waals surface area contributed by atoms with Crippen LogP contribution in [0.2, 0.25) is 0 Å². The number of carboxylic acids is 1. The average Bonchev–Trinajstić information content (AvgIpc) is 2.97. The molecule has 2 aromatic rings.